The van der Waals surface area contributed by atoms with Gasteiger partial charge >= 0.3 is 115 Å². The summed E-state index contributed by atoms with van der Waals surface area (Å²) < 4.78 is 9.67. The van der Waals surface area contributed by atoms with Crippen molar-refractivity contribution in [2.24, 2.45) is 10.8 Å². The number of hydrogen-bond acceptors (Lipinski definition) is 4. The molecule has 0 aliphatic rings. The number of ether oxygens (including phenoxy) is 2. The van der Waals surface area contributed by atoms with Gasteiger partial charge in [0.2, 0.25) is 0 Å². The molecule has 23 heteroatoms. The molecule has 0 fully saturated rings. The molecule has 0 heterocycles. The quantitative estimate of drug-likeness (QED) is 0.0599. The van der Waals surface area contributed by atoms with E-state index < -0.39 is 10.8 Å². The van der Waals surface area contributed by atoms with E-state index in [1.165, 1.54) is 13.8 Å². The van der Waals surface area contributed by atoms with Gasteiger partial charge in [-0.25, -0.2) is 0 Å². The average Bonchev–Trinajstić information content (AvgIpc) is 3.39. The number of nitriles is 2. The van der Waals surface area contributed by atoms with Gasteiger partial charge in [-0.3, -0.25) is 0 Å². The third kappa shape index (κ3) is 39.9. The zero-order valence-electron chi connectivity index (χ0n) is 47.4. The topological polar surface area (TPSA) is 293 Å². The van der Waals surface area contributed by atoms with Crippen molar-refractivity contribution in [2.45, 2.75) is 55.4 Å². The molecule has 0 saturated heterocycles. The minimum atomic E-state index is -0.410. The van der Waals surface area contributed by atoms with Crippen molar-refractivity contribution >= 4 is 68.2 Å². The Morgan fingerprint density at radius 3 is 0.568 bits per heavy atom. The first-order valence-corrected chi connectivity index (χ1v) is 24.3. The van der Waals surface area contributed by atoms with Crippen LogP contribution in [0.5, 0.6) is 0 Å². The first-order valence-electron chi connectivity index (χ1n) is 24.3. The Bertz CT molecular complexity index is 2130. The number of benzene rings is 6. The molecule has 6 aromatic carbocycles. The molecule has 16 nitrogen and oxygen atoms in total. The van der Waals surface area contributed by atoms with Gasteiger partial charge in [0.25, 0.3) is 0 Å². The summed E-state index contributed by atoms with van der Waals surface area (Å²) in [5.41, 5.74) is 53.4. The van der Waals surface area contributed by atoms with Crippen LogP contribution in [-0.4, -0.2) is 65.7 Å². The molecule has 0 saturated carbocycles. The average molecular weight is 1360 g/mol. The first kappa shape index (κ1) is 90.7. The van der Waals surface area contributed by atoms with Crippen LogP contribution in [0.15, 0.2) is 146 Å². The summed E-state index contributed by atoms with van der Waals surface area (Å²) in [6.07, 6.45) is 0. The maximum absolute atomic E-state index is 8.02. The van der Waals surface area contributed by atoms with Crippen LogP contribution in [0.3, 0.4) is 0 Å². The van der Waals surface area contributed by atoms with Gasteiger partial charge in [-0.1, -0.05) is 170 Å². The molecule has 81 heavy (non-hydrogen) atoms. The van der Waals surface area contributed by atoms with E-state index in [0.717, 1.165) is 26.4 Å². The molecule has 0 radical (unpaired) electrons. The van der Waals surface area contributed by atoms with Gasteiger partial charge in [-0.05, 0) is 27.7 Å². The van der Waals surface area contributed by atoms with Gasteiger partial charge < -0.3 is 75.8 Å². The standard InChI is InChI=1S/2C23H24N6.2C4H10O.2C2H3N.6Fe.Na/c2*1-23(14-27-20-11-5-2-8-17(20)24,15-28-21-12-6-3-9-18(21)25)16-29-22-13-7-4-10-19(22)26;2*1-3-5-4-2;2*1-2-3;;;;;;;/h2*2-13,24-26H,14-16H2,1H3;2*3-4H2,1-2H3;2*1H3;;;;;;;/q2*-6;;;;;;5*+2;+1. The minimum absolute atomic E-state index is 0. The van der Waals surface area contributed by atoms with E-state index in [1.54, 1.807) is 48.5 Å². The molecule has 0 aromatic heterocycles. The predicted molar refractivity (Wildman–Crippen MR) is 313 cm³/mol. The summed E-state index contributed by atoms with van der Waals surface area (Å²) in [5, 5.41) is 42.5. The minimum Gasteiger partial charge on any atom is -0.700 e. The molecule has 0 amide bonds. The van der Waals surface area contributed by atoms with Crippen LogP contribution < -0.4 is 29.6 Å². The fraction of sp³-hybridized carbons (Fsp3) is 0.345. The number of nitrogens with one attached hydrogen (secondary N) is 6. The molecule has 0 spiro atoms. The monoisotopic (exact) mass is 1360 g/mol. The van der Waals surface area contributed by atoms with Crippen molar-refractivity contribution < 1.29 is 141 Å². The molecule has 6 aromatic rings. The molecule has 6 rings (SSSR count). The second kappa shape index (κ2) is 55.1. The predicted octanol–water partition coefficient (Wildman–Crippen LogP) is 18.5. The Morgan fingerprint density at radius 1 is 0.346 bits per heavy atom. The van der Waals surface area contributed by atoms with Crippen LogP contribution in [-0.2, 0) is 112 Å². The van der Waals surface area contributed by atoms with Gasteiger partial charge in [-0.15, -0.1) is 39.3 Å². The Hall–Kier alpha value is -4.06. The Balaban J connectivity index is -0.000000200. The van der Waals surface area contributed by atoms with Crippen molar-refractivity contribution in [1.82, 2.24) is 0 Å². The van der Waals surface area contributed by atoms with Crippen molar-refractivity contribution in [3.63, 3.8) is 0 Å². The summed E-state index contributed by atoms with van der Waals surface area (Å²) in [5.74, 6) is 0. The van der Waals surface area contributed by atoms with E-state index in [4.69, 9.17) is 54.4 Å². The third-order valence-electron chi connectivity index (χ3n) is 10.0. The van der Waals surface area contributed by atoms with Gasteiger partial charge in [-0.2, -0.15) is 78.8 Å². The Kier molecular flexibility index (Phi) is 61.8. The Morgan fingerprint density at radius 2 is 0.469 bits per heavy atom. The van der Waals surface area contributed by atoms with Gasteiger partial charge in [0.1, 0.15) is 0 Å². The van der Waals surface area contributed by atoms with E-state index in [0.29, 0.717) is 108 Å². The van der Waals surface area contributed by atoms with E-state index >= 15 is 0 Å². The summed E-state index contributed by atoms with van der Waals surface area (Å²) in [6, 6.07) is 46.9. The number of rotatable bonds is 22. The smallest absolute Gasteiger partial charge is 0.700 e. The van der Waals surface area contributed by atoms with Crippen molar-refractivity contribution in [3.8, 4) is 12.1 Å². The molecular weight excluding hydrogens is 1280 g/mol. The van der Waals surface area contributed by atoms with E-state index in [2.05, 4.69) is 45.7 Å². The summed E-state index contributed by atoms with van der Waals surface area (Å²) in [7, 11) is 0. The van der Waals surface area contributed by atoms with Crippen LogP contribution in [0, 0.1) is 33.5 Å². The molecule has 0 atom stereocenters. The second-order valence-electron chi connectivity index (χ2n) is 16.6. The van der Waals surface area contributed by atoms with Crippen molar-refractivity contribution in [2.75, 3.05) is 65.7 Å². The molecular formula is C58H74Fe6N14NaO2-. The molecule has 0 bridgehead atoms. The van der Waals surface area contributed by atoms with Crippen LogP contribution in [0.4, 0.5) is 68.2 Å². The van der Waals surface area contributed by atoms with Crippen LogP contribution in [0.25, 0.3) is 66.3 Å². The molecule has 0 unspecified atom stereocenters. The van der Waals surface area contributed by atoms with E-state index in [9.17, 15) is 0 Å². The SMILES string of the molecule is CC#N.CC#N.CC(C[N-]c1ccccc1[NH-])(C[N-]c1ccccc1[NH-])C[N-]c1ccccc1[NH-].CC(C[N-]c1ccccc1[NH-])(C[N-]c1ccccc1[NH-])C[N-]c1ccccc1[NH-].CCOCC.CCOCC.[Fe+2].[Fe+2].[Fe+2].[Fe+2].[Fe+2].[Fe].[Na+]. The largest absolute Gasteiger partial charge is 2.00 e. The maximum Gasteiger partial charge on any atom is 2.00 e. The van der Waals surface area contributed by atoms with Crippen LogP contribution in [0.2, 0.25) is 0 Å². The van der Waals surface area contributed by atoms with Crippen molar-refractivity contribution in [3.05, 3.63) is 212 Å². The zero-order valence-corrected chi connectivity index (χ0v) is 56.1. The van der Waals surface area contributed by atoms with Gasteiger partial charge in [0.05, 0.1) is 12.1 Å². The summed E-state index contributed by atoms with van der Waals surface area (Å²) in [6.45, 7) is 20.9. The Labute approximate surface area is 570 Å². The molecule has 438 valence electrons. The number of para-hydroxylation sites is 6. The normalized spacial score (nSPS) is 9.16. The van der Waals surface area contributed by atoms with E-state index in [-0.39, 0.29) is 132 Å². The second-order valence-corrected chi connectivity index (χ2v) is 16.6. The third-order valence-corrected chi connectivity index (χ3v) is 10.0. The number of hydrogen-bond donors (Lipinski definition) is 0. The van der Waals surface area contributed by atoms with Gasteiger partial charge in [0.15, 0.2) is 0 Å². The molecule has 6 N–H and O–H groups in total. The fourth-order valence-electron chi connectivity index (χ4n) is 6.03. The fourth-order valence-corrected chi connectivity index (χ4v) is 6.03. The molecule has 0 aliphatic heterocycles. The number of nitrogens with zero attached hydrogens (tertiary/aromatic N) is 8. The van der Waals surface area contributed by atoms with Gasteiger partial charge in [0, 0.05) is 57.3 Å². The summed E-state index contributed by atoms with van der Waals surface area (Å²) in [4.78, 5) is 0. The van der Waals surface area contributed by atoms with Crippen LogP contribution in [0.1, 0.15) is 55.4 Å². The first-order chi connectivity index (χ1) is 35.6. The van der Waals surface area contributed by atoms with Crippen molar-refractivity contribution in [1.29, 1.82) is 10.5 Å². The molecule has 0 aliphatic carbocycles. The summed E-state index contributed by atoms with van der Waals surface area (Å²) >= 11 is 0. The van der Waals surface area contributed by atoms with Crippen LogP contribution >= 0.6 is 0 Å². The van der Waals surface area contributed by atoms with E-state index in [1.807, 2.05) is 137 Å². The zero-order chi connectivity index (χ0) is 55.0. The maximum atomic E-state index is 8.02.